The first-order valence-corrected chi connectivity index (χ1v) is 7.14. The van der Waals surface area contributed by atoms with Gasteiger partial charge in [0.25, 0.3) is 5.91 Å². The Kier molecular flexibility index (Phi) is 4.16. The molecular formula is C14H19BrN2O2. The van der Waals surface area contributed by atoms with Gasteiger partial charge in [0.1, 0.15) is 0 Å². The summed E-state index contributed by atoms with van der Waals surface area (Å²) >= 11 is 3.35. The molecule has 1 aliphatic rings. The van der Waals surface area contributed by atoms with Gasteiger partial charge in [-0.1, -0.05) is 0 Å². The molecule has 0 saturated carbocycles. The van der Waals surface area contributed by atoms with Crippen LogP contribution in [0, 0.1) is 0 Å². The van der Waals surface area contributed by atoms with Gasteiger partial charge in [-0.2, -0.15) is 0 Å². The molecule has 1 atom stereocenters. The Morgan fingerprint density at radius 2 is 2.26 bits per heavy atom. The maximum absolute atomic E-state index is 12.5. The van der Waals surface area contributed by atoms with Crippen LogP contribution in [0.4, 0.5) is 5.69 Å². The van der Waals surface area contributed by atoms with E-state index in [9.17, 15) is 4.79 Å². The van der Waals surface area contributed by atoms with Crippen molar-refractivity contribution in [3.05, 3.63) is 28.2 Å². The number of nitrogen functional groups attached to an aromatic ring is 1. The van der Waals surface area contributed by atoms with E-state index in [0.717, 1.165) is 23.9 Å². The normalized spacial score (nSPS) is 23.4. The third kappa shape index (κ3) is 3.09. The van der Waals surface area contributed by atoms with Gasteiger partial charge in [0.05, 0.1) is 5.60 Å². The second-order valence-corrected chi connectivity index (χ2v) is 6.07. The number of nitrogens with zero attached hydrogens (tertiary/aromatic N) is 1. The third-order valence-corrected chi connectivity index (χ3v) is 4.37. The summed E-state index contributed by atoms with van der Waals surface area (Å²) in [4.78, 5) is 14.3. The molecule has 0 spiro atoms. The Morgan fingerprint density at radius 1 is 1.53 bits per heavy atom. The van der Waals surface area contributed by atoms with Crippen molar-refractivity contribution in [3.8, 4) is 0 Å². The van der Waals surface area contributed by atoms with E-state index in [2.05, 4.69) is 15.9 Å². The van der Waals surface area contributed by atoms with Crippen molar-refractivity contribution >= 4 is 27.5 Å². The molecule has 1 saturated heterocycles. The van der Waals surface area contributed by atoms with Gasteiger partial charge in [-0.05, 0) is 53.9 Å². The molecule has 104 valence electrons. The Morgan fingerprint density at radius 3 is 2.89 bits per heavy atom. The van der Waals surface area contributed by atoms with Crippen LogP contribution < -0.4 is 5.73 Å². The molecule has 2 rings (SSSR count). The number of nitrogens with two attached hydrogens (primary N) is 1. The van der Waals surface area contributed by atoms with Crippen LogP contribution in [0.25, 0.3) is 0 Å². The van der Waals surface area contributed by atoms with Crippen molar-refractivity contribution in [2.45, 2.75) is 25.4 Å². The Hall–Kier alpha value is -1.07. The SMILES string of the molecule is COC1(C)CCCN(C(=O)c2ccc(N)c(Br)c2)C1. The third-order valence-electron chi connectivity index (χ3n) is 3.69. The summed E-state index contributed by atoms with van der Waals surface area (Å²) in [7, 11) is 1.70. The number of hydrogen-bond acceptors (Lipinski definition) is 3. The van der Waals surface area contributed by atoms with E-state index >= 15 is 0 Å². The molecule has 0 radical (unpaired) electrons. The summed E-state index contributed by atoms with van der Waals surface area (Å²) < 4.78 is 6.27. The molecule has 19 heavy (non-hydrogen) atoms. The lowest BCUT2D eigenvalue weighted by Gasteiger charge is -2.39. The monoisotopic (exact) mass is 326 g/mol. The van der Waals surface area contributed by atoms with Crippen LogP contribution in [-0.2, 0) is 4.74 Å². The van der Waals surface area contributed by atoms with Crippen LogP contribution in [0.3, 0.4) is 0 Å². The van der Waals surface area contributed by atoms with Crippen LogP contribution in [0.1, 0.15) is 30.1 Å². The molecule has 1 aromatic rings. The van der Waals surface area contributed by atoms with E-state index in [1.807, 2.05) is 11.8 Å². The number of carbonyl (C=O) groups is 1. The standard InChI is InChI=1S/C14H19BrN2O2/c1-14(19-2)6-3-7-17(9-14)13(18)10-4-5-12(16)11(15)8-10/h4-5,8H,3,6-7,9,16H2,1-2H3. The first-order chi connectivity index (χ1) is 8.95. The van der Waals surface area contributed by atoms with Gasteiger partial charge in [-0.15, -0.1) is 0 Å². The predicted molar refractivity (Wildman–Crippen MR) is 79.1 cm³/mol. The Balaban J connectivity index is 2.17. The van der Waals surface area contributed by atoms with Crippen LogP contribution in [0.15, 0.2) is 22.7 Å². The number of ether oxygens (including phenoxy) is 1. The maximum atomic E-state index is 12.5. The summed E-state index contributed by atoms with van der Waals surface area (Å²) in [5, 5.41) is 0. The molecule has 1 fully saturated rings. The number of amides is 1. The highest BCUT2D eigenvalue weighted by Crippen LogP contribution is 2.26. The molecule has 2 N–H and O–H groups in total. The summed E-state index contributed by atoms with van der Waals surface area (Å²) in [6.45, 7) is 3.45. The van der Waals surface area contributed by atoms with Gasteiger partial charge in [0.15, 0.2) is 0 Å². The number of carbonyl (C=O) groups excluding carboxylic acids is 1. The molecule has 0 aliphatic carbocycles. The number of rotatable bonds is 2. The second-order valence-electron chi connectivity index (χ2n) is 5.22. The van der Waals surface area contributed by atoms with Crippen molar-refractivity contribution in [1.29, 1.82) is 0 Å². The zero-order valence-electron chi connectivity index (χ0n) is 11.3. The molecular weight excluding hydrogens is 308 g/mol. The van der Waals surface area contributed by atoms with Crippen molar-refractivity contribution in [3.63, 3.8) is 0 Å². The maximum Gasteiger partial charge on any atom is 0.253 e. The van der Waals surface area contributed by atoms with Gasteiger partial charge in [-0.25, -0.2) is 0 Å². The first-order valence-electron chi connectivity index (χ1n) is 6.35. The molecule has 5 heteroatoms. The zero-order valence-corrected chi connectivity index (χ0v) is 12.9. The van der Waals surface area contributed by atoms with E-state index in [1.54, 1.807) is 25.3 Å². The van der Waals surface area contributed by atoms with Gasteiger partial charge in [-0.3, -0.25) is 4.79 Å². The molecule has 1 heterocycles. The molecule has 1 aromatic carbocycles. The summed E-state index contributed by atoms with van der Waals surface area (Å²) in [6, 6.07) is 5.29. The lowest BCUT2D eigenvalue weighted by Crippen LogP contribution is -2.49. The number of piperidine rings is 1. The topological polar surface area (TPSA) is 55.6 Å². The van der Waals surface area contributed by atoms with Crippen molar-refractivity contribution < 1.29 is 9.53 Å². The quantitative estimate of drug-likeness (QED) is 0.850. The summed E-state index contributed by atoms with van der Waals surface area (Å²) in [5.74, 6) is 0.0312. The minimum Gasteiger partial charge on any atom is -0.398 e. The average Bonchev–Trinajstić information content (AvgIpc) is 2.41. The van der Waals surface area contributed by atoms with E-state index in [-0.39, 0.29) is 11.5 Å². The zero-order chi connectivity index (χ0) is 14.0. The minimum absolute atomic E-state index is 0.0312. The number of anilines is 1. The van der Waals surface area contributed by atoms with Crippen LogP contribution in [-0.4, -0.2) is 36.6 Å². The Bertz CT molecular complexity index is 492. The van der Waals surface area contributed by atoms with E-state index < -0.39 is 0 Å². The number of hydrogen-bond donors (Lipinski definition) is 1. The van der Waals surface area contributed by atoms with Crippen LogP contribution in [0.5, 0.6) is 0 Å². The molecule has 0 aromatic heterocycles. The summed E-state index contributed by atoms with van der Waals surface area (Å²) in [5.41, 5.74) is 6.79. The highest BCUT2D eigenvalue weighted by Gasteiger charge is 2.33. The number of likely N-dealkylation sites (tertiary alicyclic amines) is 1. The number of methoxy groups -OCH3 is 1. The van der Waals surface area contributed by atoms with Crippen LogP contribution in [0.2, 0.25) is 0 Å². The largest absolute Gasteiger partial charge is 0.398 e. The van der Waals surface area contributed by atoms with Crippen molar-refractivity contribution in [2.24, 2.45) is 0 Å². The highest BCUT2D eigenvalue weighted by molar-refractivity contribution is 9.10. The van der Waals surface area contributed by atoms with E-state index in [0.29, 0.717) is 17.8 Å². The van der Waals surface area contributed by atoms with Crippen LogP contribution >= 0.6 is 15.9 Å². The van der Waals surface area contributed by atoms with E-state index in [4.69, 9.17) is 10.5 Å². The molecule has 1 aliphatic heterocycles. The van der Waals surface area contributed by atoms with Gasteiger partial charge in [0, 0.05) is 35.9 Å². The van der Waals surface area contributed by atoms with Gasteiger partial charge < -0.3 is 15.4 Å². The fourth-order valence-electron chi connectivity index (χ4n) is 2.39. The molecule has 1 unspecified atom stereocenters. The number of benzene rings is 1. The lowest BCUT2D eigenvalue weighted by molar-refractivity contribution is -0.0440. The van der Waals surface area contributed by atoms with Crippen molar-refractivity contribution in [2.75, 3.05) is 25.9 Å². The first kappa shape index (κ1) is 14.3. The number of halogens is 1. The molecule has 1 amide bonds. The highest BCUT2D eigenvalue weighted by atomic mass is 79.9. The average molecular weight is 327 g/mol. The van der Waals surface area contributed by atoms with E-state index in [1.165, 1.54) is 0 Å². The van der Waals surface area contributed by atoms with Gasteiger partial charge >= 0.3 is 0 Å². The Labute approximate surface area is 122 Å². The smallest absolute Gasteiger partial charge is 0.253 e. The van der Waals surface area contributed by atoms with Crippen molar-refractivity contribution in [1.82, 2.24) is 4.90 Å². The van der Waals surface area contributed by atoms with Gasteiger partial charge in [0.2, 0.25) is 0 Å². The lowest BCUT2D eigenvalue weighted by atomic mass is 9.94. The molecule has 0 bridgehead atoms. The second kappa shape index (κ2) is 5.51. The fourth-order valence-corrected chi connectivity index (χ4v) is 2.77. The minimum atomic E-state index is -0.237. The fraction of sp³-hybridized carbons (Fsp3) is 0.500. The summed E-state index contributed by atoms with van der Waals surface area (Å²) in [6.07, 6.45) is 1.95. The molecule has 4 nitrogen and oxygen atoms in total. The predicted octanol–water partition coefficient (Wildman–Crippen LogP) is 2.67.